The maximum absolute atomic E-state index is 6.31. The molecule has 0 N–H and O–H groups in total. The second kappa shape index (κ2) is 6.95. The average molecular weight is 437 g/mol. The molecule has 0 aliphatic heterocycles. The molecule has 0 amide bonds. The van der Waals surface area contributed by atoms with Crippen LogP contribution in [0.1, 0.15) is 25.0 Å². The highest BCUT2D eigenvalue weighted by Crippen LogP contribution is 2.49. The van der Waals surface area contributed by atoms with Crippen molar-refractivity contribution in [1.82, 2.24) is 0 Å². The van der Waals surface area contributed by atoms with Gasteiger partial charge in [-0.1, -0.05) is 105 Å². The fraction of sp³-hybridized carbons (Fsp3) is 0.0909. The standard InChI is InChI=1S/C33H24O/c1-33(2)29-15-5-3-11-25(29)26-18-17-22(20-30(26)33)21-9-7-10-23(19-21)24-13-8-14-28-27-12-4-6-16-31(27)34-32(24)28/h3-20H,1-2H3. The number of rotatable bonds is 2. The van der Waals surface area contributed by atoms with Crippen LogP contribution in [0.15, 0.2) is 114 Å². The highest BCUT2D eigenvalue weighted by atomic mass is 16.3. The molecular weight excluding hydrogens is 412 g/mol. The molecular formula is C33H24O. The van der Waals surface area contributed by atoms with E-state index >= 15 is 0 Å². The summed E-state index contributed by atoms with van der Waals surface area (Å²) in [6.45, 7) is 4.67. The molecule has 0 fully saturated rings. The zero-order valence-corrected chi connectivity index (χ0v) is 19.3. The van der Waals surface area contributed by atoms with Crippen LogP contribution >= 0.6 is 0 Å². The largest absolute Gasteiger partial charge is 0.455 e. The van der Waals surface area contributed by atoms with Crippen LogP contribution in [0.4, 0.5) is 0 Å². The molecule has 0 atom stereocenters. The van der Waals surface area contributed by atoms with Crippen LogP contribution in [-0.2, 0) is 5.41 Å². The number of fused-ring (bicyclic) bond motifs is 6. The highest BCUT2D eigenvalue weighted by Gasteiger charge is 2.35. The maximum Gasteiger partial charge on any atom is 0.143 e. The van der Waals surface area contributed by atoms with Crippen molar-refractivity contribution < 1.29 is 4.42 Å². The summed E-state index contributed by atoms with van der Waals surface area (Å²) in [7, 11) is 0. The molecule has 7 rings (SSSR count). The van der Waals surface area contributed by atoms with Crippen LogP contribution in [0.25, 0.3) is 55.3 Å². The van der Waals surface area contributed by atoms with Crippen LogP contribution in [0.5, 0.6) is 0 Å². The number of furan rings is 1. The number of hydrogen-bond acceptors (Lipinski definition) is 1. The lowest BCUT2D eigenvalue weighted by Gasteiger charge is -2.22. The minimum absolute atomic E-state index is 0.000579. The van der Waals surface area contributed by atoms with E-state index in [0.29, 0.717) is 0 Å². The third-order valence-corrected chi connectivity index (χ3v) is 7.49. The first kappa shape index (κ1) is 19.4. The zero-order valence-electron chi connectivity index (χ0n) is 19.3. The molecule has 1 heteroatoms. The van der Waals surface area contributed by atoms with Crippen molar-refractivity contribution >= 4 is 21.9 Å². The maximum atomic E-state index is 6.31. The summed E-state index contributed by atoms with van der Waals surface area (Å²) >= 11 is 0. The molecule has 0 spiro atoms. The summed E-state index contributed by atoms with van der Waals surface area (Å²) in [5.74, 6) is 0. The third kappa shape index (κ3) is 2.67. The van der Waals surface area contributed by atoms with E-state index in [2.05, 4.69) is 111 Å². The van der Waals surface area contributed by atoms with Gasteiger partial charge in [0.1, 0.15) is 11.2 Å². The molecule has 0 saturated heterocycles. The van der Waals surface area contributed by atoms with E-state index in [0.717, 1.165) is 27.5 Å². The fourth-order valence-corrected chi connectivity index (χ4v) is 5.72. The van der Waals surface area contributed by atoms with Gasteiger partial charge in [-0.3, -0.25) is 0 Å². The van der Waals surface area contributed by atoms with Crippen molar-refractivity contribution in [3.63, 3.8) is 0 Å². The van der Waals surface area contributed by atoms with Crippen molar-refractivity contribution in [1.29, 1.82) is 0 Å². The predicted octanol–water partition coefficient (Wildman–Crippen LogP) is 9.23. The average Bonchev–Trinajstić information content (AvgIpc) is 3.37. The van der Waals surface area contributed by atoms with E-state index in [4.69, 9.17) is 4.42 Å². The molecule has 1 nitrogen and oxygen atoms in total. The molecule has 5 aromatic carbocycles. The van der Waals surface area contributed by atoms with Gasteiger partial charge >= 0.3 is 0 Å². The monoisotopic (exact) mass is 436 g/mol. The Hall–Kier alpha value is -4.10. The highest BCUT2D eigenvalue weighted by molar-refractivity contribution is 6.09. The van der Waals surface area contributed by atoms with Gasteiger partial charge in [-0.15, -0.1) is 0 Å². The van der Waals surface area contributed by atoms with Crippen LogP contribution in [0.2, 0.25) is 0 Å². The molecule has 6 aromatic rings. The summed E-state index contributed by atoms with van der Waals surface area (Å²) in [5.41, 5.74) is 12.2. The quantitative estimate of drug-likeness (QED) is 0.264. The lowest BCUT2D eigenvalue weighted by atomic mass is 9.81. The Labute approximate surface area is 199 Å². The Morgan fingerprint density at radius 1 is 0.500 bits per heavy atom. The van der Waals surface area contributed by atoms with Gasteiger partial charge in [0.15, 0.2) is 0 Å². The number of benzene rings is 5. The molecule has 34 heavy (non-hydrogen) atoms. The van der Waals surface area contributed by atoms with Gasteiger partial charge in [0.2, 0.25) is 0 Å². The zero-order chi connectivity index (χ0) is 22.9. The Bertz CT molecular complexity index is 1730. The van der Waals surface area contributed by atoms with Gasteiger partial charge in [0, 0.05) is 21.8 Å². The van der Waals surface area contributed by atoms with Crippen LogP contribution in [0, 0.1) is 0 Å². The van der Waals surface area contributed by atoms with Gasteiger partial charge in [0.25, 0.3) is 0 Å². The van der Waals surface area contributed by atoms with Crippen molar-refractivity contribution in [2.75, 3.05) is 0 Å². The first-order valence-electron chi connectivity index (χ1n) is 11.9. The minimum atomic E-state index is -0.000579. The molecule has 0 bridgehead atoms. The molecule has 0 unspecified atom stereocenters. The Balaban J connectivity index is 1.37. The van der Waals surface area contributed by atoms with Gasteiger partial charge in [-0.05, 0) is 57.1 Å². The number of para-hydroxylation sites is 2. The SMILES string of the molecule is CC1(C)c2ccccc2-c2ccc(-c3cccc(-c4cccc5c4oc4ccccc45)c3)cc21. The normalized spacial score (nSPS) is 13.8. The molecule has 162 valence electrons. The van der Waals surface area contributed by atoms with Crippen molar-refractivity contribution in [2.24, 2.45) is 0 Å². The Morgan fingerprint density at radius 2 is 1.18 bits per heavy atom. The molecule has 1 aliphatic carbocycles. The summed E-state index contributed by atoms with van der Waals surface area (Å²) < 4.78 is 6.31. The topological polar surface area (TPSA) is 13.1 Å². The minimum Gasteiger partial charge on any atom is -0.455 e. The van der Waals surface area contributed by atoms with E-state index in [1.807, 2.05) is 12.1 Å². The van der Waals surface area contributed by atoms with Gasteiger partial charge in [0.05, 0.1) is 0 Å². The van der Waals surface area contributed by atoms with Crippen molar-refractivity contribution in [2.45, 2.75) is 19.3 Å². The van der Waals surface area contributed by atoms with Gasteiger partial charge < -0.3 is 4.42 Å². The van der Waals surface area contributed by atoms with E-state index in [1.54, 1.807) is 0 Å². The second-order valence-electron chi connectivity index (χ2n) is 9.79. The van der Waals surface area contributed by atoms with E-state index < -0.39 is 0 Å². The van der Waals surface area contributed by atoms with Gasteiger partial charge in [-0.2, -0.15) is 0 Å². The van der Waals surface area contributed by atoms with E-state index in [-0.39, 0.29) is 5.41 Å². The summed E-state index contributed by atoms with van der Waals surface area (Å²) in [4.78, 5) is 0. The summed E-state index contributed by atoms with van der Waals surface area (Å²) in [6, 6.07) is 39.3. The molecule has 1 aromatic heterocycles. The lowest BCUT2D eigenvalue weighted by molar-refractivity contribution is 0.660. The lowest BCUT2D eigenvalue weighted by Crippen LogP contribution is -2.14. The Morgan fingerprint density at radius 3 is 2.12 bits per heavy atom. The predicted molar refractivity (Wildman–Crippen MR) is 142 cm³/mol. The third-order valence-electron chi connectivity index (χ3n) is 7.49. The second-order valence-corrected chi connectivity index (χ2v) is 9.79. The van der Waals surface area contributed by atoms with Crippen LogP contribution in [-0.4, -0.2) is 0 Å². The summed E-state index contributed by atoms with van der Waals surface area (Å²) in [5, 5.41) is 2.33. The van der Waals surface area contributed by atoms with Crippen LogP contribution in [0.3, 0.4) is 0 Å². The number of hydrogen-bond donors (Lipinski definition) is 0. The Kier molecular flexibility index (Phi) is 3.96. The molecule has 0 saturated carbocycles. The fourth-order valence-electron chi connectivity index (χ4n) is 5.72. The van der Waals surface area contributed by atoms with Crippen molar-refractivity contribution in [3.8, 4) is 33.4 Å². The van der Waals surface area contributed by atoms with E-state index in [1.165, 1.54) is 38.9 Å². The van der Waals surface area contributed by atoms with Crippen molar-refractivity contribution in [3.05, 3.63) is 120 Å². The molecule has 1 heterocycles. The smallest absolute Gasteiger partial charge is 0.143 e. The van der Waals surface area contributed by atoms with Gasteiger partial charge in [-0.25, -0.2) is 0 Å². The molecule has 0 radical (unpaired) electrons. The summed E-state index contributed by atoms with van der Waals surface area (Å²) in [6.07, 6.45) is 0. The van der Waals surface area contributed by atoms with Crippen LogP contribution < -0.4 is 0 Å². The first-order chi connectivity index (χ1) is 16.6. The first-order valence-corrected chi connectivity index (χ1v) is 11.9. The van der Waals surface area contributed by atoms with E-state index in [9.17, 15) is 0 Å². The molecule has 1 aliphatic rings.